The molecule has 1 N–H and O–H groups in total. The fourth-order valence-corrected chi connectivity index (χ4v) is 2.12. The molecule has 0 spiro atoms. The van der Waals surface area contributed by atoms with E-state index in [4.69, 9.17) is 0 Å². The largest absolute Gasteiger partial charge is 0.417 e. The smallest absolute Gasteiger partial charge is 0.378 e. The van der Waals surface area contributed by atoms with Crippen LogP contribution < -0.4 is 10.2 Å². The molecular weight excluding hydrogens is 329 g/mol. The molecule has 0 radical (unpaired) electrons. The van der Waals surface area contributed by atoms with Crippen molar-refractivity contribution in [3.63, 3.8) is 0 Å². The Morgan fingerprint density at radius 2 is 1.72 bits per heavy atom. The molecule has 0 saturated heterocycles. The molecule has 0 heterocycles. The van der Waals surface area contributed by atoms with Gasteiger partial charge in [0.15, 0.2) is 0 Å². The Hall–Kier alpha value is -2.94. The second-order valence-corrected chi connectivity index (χ2v) is 5.47. The fourth-order valence-electron chi connectivity index (χ4n) is 2.12. The molecule has 0 unspecified atom stereocenters. The van der Waals surface area contributed by atoms with Gasteiger partial charge in [-0.1, -0.05) is 24.0 Å². The topological polar surface area (TPSA) is 32.3 Å². The van der Waals surface area contributed by atoms with Gasteiger partial charge >= 0.3 is 6.18 Å². The van der Waals surface area contributed by atoms with E-state index in [9.17, 15) is 18.0 Å². The molecule has 2 aromatic carbocycles. The second-order valence-electron chi connectivity index (χ2n) is 5.47. The predicted molar refractivity (Wildman–Crippen MR) is 91.4 cm³/mol. The first kappa shape index (κ1) is 18.4. The van der Waals surface area contributed by atoms with Crippen molar-refractivity contribution >= 4 is 11.6 Å². The Morgan fingerprint density at radius 3 is 2.32 bits per heavy atom. The number of hydrogen-bond acceptors (Lipinski definition) is 2. The number of nitrogens with one attached hydrogen (secondary N) is 1. The highest BCUT2D eigenvalue weighted by molar-refractivity contribution is 5.94. The summed E-state index contributed by atoms with van der Waals surface area (Å²) in [7, 11) is 3.78. The van der Waals surface area contributed by atoms with E-state index in [0.717, 1.165) is 11.8 Å². The minimum atomic E-state index is -4.46. The van der Waals surface area contributed by atoms with Gasteiger partial charge in [0, 0.05) is 30.9 Å². The van der Waals surface area contributed by atoms with E-state index in [1.165, 1.54) is 18.2 Å². The Balaban J connectivity index is 2.00. The summed E-state index contributed by atoms with van der Waals surface area (Å²) < 4.78 is 38.6. The maximum Gasteiger partial charge on any atom is 0.417 e. The number of amides is 1. The van der Waals surface area contributed by atoms with E-state index >= 15 is 0 Å². The number of halogens is 3. The van der Waals surface area contributed by atoms with Crippen LogP contribution in [0.1, 0.15) is 21.5 Å². The summed E-state index contributed by atoms with van der Waals surface area (Å²) >= 11 is 0. The molecule has 0 fully saturated rings. The number of anilines is 1. The molecule has 25 heavy (non-hydrogen) atoms. The lowest BCUT2D eigenvalue weighted by Crippen LogP contribution is -2.23. The van der Waals surface area contributed by atoms with Crippen molar-refractivity contribution in [3.8, 4) is 11.8 Å². The van der Waals surface area contributed by atoms with Crippen LogP contribution in [-0.2, 0) is 6.18 Å². The average Bonchev–Trinajstić information content (AvgIpc) is 2.58. The highest BCUT2D eigenvalue weighted by atomic mass is 19.4. The Bertz CT molecular complexity index is 800. The van der Waals surface area contributed by atoms with Gasteiger partial charge in [-0.3, -0.25) is 4.79 Å². The van der Waals surface area contributed by atoms with Crippen LogP contribution in [0, 0.1) is 11.8 Å². The van der Waals surface area contributed by atoms with Crippen molar-refractivity contribution in [2.45, 2.75) is 6.18 Å². The lowest BCUT2D eigenvalue weighted by atomic mass is 10.1. The zero-order valence-electron chi connectivity index (χ0n) is 13.8. The van der Waals surface area contributed by atoms with E-state index in [0.29, 0.717) is 5.56 Å². The van der Waals surface area contributed by atoms with E-state index < -0.39 is 11.7 Å². The molecule has 0 aliphatic carbocycles. The van der Waals surface area contributed by atoms with Crippen LogP contribution in [0.3, 0.4) is 0 Å². The first-order valence-corrected chi connectivity index (χ1v) is 7.49. The summed E-state index contributed by atoms with van der Waals surface area (Å²) in [4.78, 5) is 13.9. The highest BCUT2D eigenvalue weighted by Crippen LogP contribution is 2.31. The fraction of sp³-hybridized carbons (Fsp3) is 0.211. The summed E-state index contributed by atoms with van der Waals surface area (Å²) in [5, 5.41) is 2.57. The summed E-state index contributed by atoms with van der Waals surface area (Å²) in [6.45, 7) is -0.0412. The van der Waals surface area contributed by atoms with E-state index in [-0.39, 0.29) is 18.0 Å². The second kappa shape index (κ2) is 7.75. The maximum atomic E-state index is 12.9. The SMILES string of the molecule is CN(C)c1ccc(C(=O)NCC#Cc2ccccc2C(F)(F)F)cc1. The minimum absolute atomic E-state index is 0.0412. The van der Waals surface area contributed by atoms with Crippen LogP contribution >= 0.6 is 0 Å². The van der Waals surface area contributed by atoms with Crippen LogP contribution in [0.4, 0.5) is 18.9 Å². The van der Waals surface area contributed by atoms with Crippen LogP contribution in [0.25, 0.3) is 0 Å². The molecule has 0 aliphatic rings. The third kappa shape index (κ3) is 5.01. The average molecular weight is 346 g/mol. The van der Waals surface area contributed by atoms with Crippen molar-refractivity contribution in [3.05, 3.63) is 65.2 Å². The molecule has 1 amide bonds. The summed E-state index contributed by atoms with van der Waals surface area (Å²) in [6, 6.07) is 12.1. The molecule has 2 aromatic rings. The number of alkyl halides is 3. The van der Waals surface area contributed by atoms with Crippen LogP contribution in [0.15, 0.2) is 48.5 Å². The predicted octanol–water partition coefficient (Wildman–Crippen LogP) is 3.55. The van der Waals surface area contributed by atoms with Crippen molar-refractivity contribution < 1.29 is 18.0 Å². The summed E-state index contributed by atoms with van der Waals surface area (Å²) in [6.07, 6.45) is -4.46. The van der Waals surface area contributed by atoms with Crippen LogP contribution in [-0.4, -0.2) is 26.5 Å². The minimum Gasteiger partial charge on any atom is -0.378 e. The number of benzene rings is 2. The first-order valence-electron chi connectivity index (χ1n) is 7.49. The molecule has 0 aromatic heterocycles. The van der Waals surface area contributed by atoms with Crippen molar-refractivity contribution in [1.82, 2.24) is 5.32 Å². The highest BCUT2D eigenvalue weighted by Gasteiger charge is 2.32. The van der Waals surface area contributed by atoms with E-state index in [2.05, 4.69) is 17.2 Å². The molecule has 130 valence electrons. The normalized spacial score (nSPS) is 10.6. The van der Waals surface area contributed by atoms with Crippen LogP contribution in [0.5, 0.6) is 0 Å². The molecule has 0 aliphatic heterocycles. The molecule has 0 atom stereocenters. The Morgan fingerprint density at radius 1 is 1.08 bits per heavy atom. The van der Waals surface area contributed by atoms with Crippen molar-refractivity contribution in [2.24, 2.45) is 0 Å². The quantitative estimate of drug-likeness (QED) is 0.862. The third-order valence-corrected chi connectivity index (χ3v) is 3.44. The lowest BCUT2D eigenvalue weighted by molar-refractivity contribution is -0.137. The first-order chi connectivity index (χ1) is 11.8. The molecule has 0 saturated carbocycles. The summed E-state index contributed by atoms with van der Waals surface area (Å²) in [5.74, 6) is 4.68. The number of hydrogen-bond donors (Lipinski definition) is 1. The summed E-state index contributed by atoms with van der Waals surface area (Å²) in [5.41, 5.74) is 0.524. The van der Waals surface area contributed by atoms with Gasteiger partial charge in [0.1, 0.15) is 0 Å². The Kier molecular flexibility index (Phi) is 5.71. The standard InChI is InChI=1S/C19H17F3N2O/c1-24(2)16-11-9-15(10-12-16)18(25)23-13-5-7-14-6-3-4-8-17(14)19(20,21)22/h3-4,6,8-12H,13H2,1-2H3,(H,23,25). The monoisotopic (exact) mass is 346 g/mol. The lowest BCUT2D eigenvalue weighted by Gasteiger charge is -2.12. The molecule has 0 bridgehead atoms. The maximum absolute atomic E-state index is 12.9. The van der Waals surface area contributed by atoms with Gasteiger partial charge in [-0.2, -0.15) is 13.2 Å². The van der Waals surface area contributed by atoms with E-state index in [1.807, 2.05) is 19.0 Å². The molecule has 3 nitrogen and oxygen atoms in total. The third-order valence-electron chi connectivity index (χ3n) is 3.44. The van der Waals surface area contributed by atoms with E-state index in [1.54, 1.807) is 24.3 Å². The van der Waals surface area contributed by atoms with Crippen LogP contribution in [0.2, 0.25) is 0 Å². The van der Waals surface area contributed by atoms with Gasteiger partial charge in [0.2, 0.25) is 0 Å². The van der Waals surface area contributed by atoms with Crippen molar-refractivity contribution in [1.29, 1.82) is 0 Å². The van der Waals surface area contributed by atoms with Gasteiger partial charge in [-0.05, 0) is 36.4 Å². The zero-order valence-corrected chi connectivity index (χ0v) is 13.8. The van der Waals surface area contributed by atoms with Crippen molar-refractivity contribution in [2.75, 3.05) is 25.5 Å². The molecule has 2 rings (SSSR count). The van der Waals surface area contributed by atoms with Gasteiger partial charge in [-0.25, -0.2) is 0 Å². The van der Waals surface area contributed by atoms with Gasteiger partial charge in [0.05, 0.1) is 12.1 Å². The van der Waals surface area contributed by atoms with Gasteiger partial charge in [0.25, 0.3) is 5.91 Å². The number of rotatable bonds is 3. The zero-order chi connectivity index (χ0) is 18.4. The molecule has 6 heteroatoms. The number of nitrogens with zero attached hydrogens (tertiary/aromatic N) is 1. The number of carbonyl (C=O) groups is 1. The van der Waals surface area contributed by atoms with Gasteiger partial charge < -0.3 is 10.2 Å². The molecular formula is C19H17F3N2O. The van der Waals surface area contributed by atoms with Gasteiger partial charge in [-0.15, -0.1) is 0 Å². The Labute approximate surface area is 144 Å². The number of carbonyl (C=O) groups excluding carboxylic acids is 1.